The fourth-order valence-electron chi connectivity index (χ4n) is 3.26. The van der Waals surface area contributed by atoms with Crippen LogP contribution >= 0.6 is 0 Å². The van der Waals surface area contributed by atoms with Crippen LogP contribution in [-0.4, -0.2) is 35.5 Å². The van der Waals surface area contributed by atoms with Crippen LogP contribution < -0.4 is 9.64 Å². The molecular formula is C16H21N2O4+. The third kappa shape index (κ3) is 2.71. The van der Waals surface area contributed by atoms with E-state index in [4.69, 9.17) is 4.74 Å². The number of hydrogen-bond acceptors (Lipinski definition) is 4. The summed E-state index contributed by atoms with van der Waals surface area (Å²) in [6, 6.07) is 4.46. The summed E-state index contributed by atoms with van der Waals surface area (Å²) in [6.07, 6.45) is 2.39. The molecule has 0 aromatic heterocycles. The topological polar surface area (TPSA) is 77.0 Å². The number of nitro groups is 1. The Morgan fingerprint density at radius 3 is 2.95 bits per heavy atom. The average Bonchev–Trinajstić information content (AvgIpc) is 2.44. The number of hydrogen-bond donors (Lipinski definition) is 2. The highest BCUT2D eigenvalue weighted by atomic mass is 16.6. The fourth-order valence-corrected chi connectivity index (χ4v) is 3.26. The van der Waals surface area contributed by atoms with Crippen molar-refractivity contribution in [2.75, 3.05) is 19.6 Å². The third-order valence-corrected chi connectivity index (χ3v) is 4.27. The molecule has 1 aromatic rings. The Morgan fingerprint density at radius 2 is 2.27 bits per heavy atom. The van der Waals surface area contributed by atoms with Crippen LogP contribution in [0.3, 0.4) is 0 Å². The molecule has 1 saturated heterocycles. The van der Waals surface area contributed by atoms with Gasteiger partial charge in [-0.2, -0.15) is 0 Å². The van der Waals surface area contributed by atoms with Gasteiger partial charge in [-0.15, -0.1) is 0 Å². The Labute approximate surface area is 129 Å². The van der Waals surface area contributed by atoms with Crippen molar-refractivity contribution >= 4 is 11.8 Å². The zero-order chi connectivity index (χ0) is 15.9. The van der Waals surface area contributed by atoms with Crippen molar-refractivity contribution in [1.29, 1.82) is 0 Å². The number of nitro benzene ring substituents is 1. The number of fused-ring (bicyclic) bond motifs is 2. The summed E-state index contributed by atoms with van der Waals surface area (Å²) in [5.74, 6) is -0.173. The van der Waals surface area contributed by atoms with Gasteiger partial charge in [-0.1, -0.05) is 13.8 Å². The van der Waals surface area contributed by atoms with Gasteiger partial charge in [0, 0.05) is 23.6 Å². The first-order valence-electron chi connectivity index (χ1n) is 7.62. The van der Waals surface area contributed by atoms with Gasteiger partial charge in [-0.05, 0) is 12.1 Å². The molecule has 1 aromatic carbocycles. The minimum atomic E-state index is -1.26. The summed E-state index contributed by atoms with van der Waals surface area (Å²) in [5, 5.41) is 21.6. The minimum Gasteiger partial charge on any atom is -0.457 e. The molecule has 0 radical (unpaired) electrons. The van der Waals surface area contributed by atoms with E-state index in [-0.39, 0.29) is 5.69 Å². The van der Waals surface area contributed by atoms with Crippen LogP contribution in [-0.2, 0) is 0 Å². The molecule has 1 unspecified atom stereocenters. The standard InChI is InChI=1S/C16H20N2O4/c1-11(2)9-17-6-5-16(19)13(10-17)7-12-8-14(18(20)21)3-4-15(12)22-16/h3-4,7-8,11,19H,5-6,9-10H2,1-2H3/p+1/t16-/m0/s1. The fraction of sp³-hybridized carbons (Fsp3) is 0.500. The number of aliphatic hydroxyl groups is 1. The summed E-state index contributed by atoms with van der Waals surface area (Å²) >= 11 is 0. The molecule has 0 bridgehead atoms. The Kier molecular flexibility index (Phi) is 3.66. The highest BCUT2D eigenvalue weighted by Gasteiger charge is 2.44. The zero-order valence-corrected chi connectivity index (χ0v) is 12.8. The molecule has 0 saturated carbocycles. The van der Waals surface area contributed by atoms with Crippen molar-refractivity contribution < 1.29 is 19.7 Å². The van der Waals surface area contributed by atoms with E-state index in [1.54, 1.807) is 6.07 Å². The maximum absolute atomic E-state index is 10.9. The van der Waals surface area contributed by atoms with Gasteiger partial charge in [0.15, 0.2) is 0 Å². The lowest BCUT2D eigenvalue weighted by Gasteiger charge is -2.40. The lowest BCUT2D eigenvalue weighted by Crippen LogP contribution is -3.14. The first-order chi connectivity index (χ1) is 10.4. The van der Waals surface area contributed by atoms with Gasteiger partial charge >= 0.3 is 0 Å². The van der Waals surface area contributed by atoms with Gasteiger partial charge in [-0.3, -0.25) is 10.1 Å². The Morgan fingerprint density at radius 1 is 1.50 bits per heavy atom. The molecule has 0 amide bonds. The second-order valence-corrected chi connectivity index (χ2v) is 6.56. The molecule has 3 rings (SSSR count). The monoisotopic (exact) mass is 305 g/mol. The van der Waals surface area contributed by atoms with Crippen LogP contribution in [0.4, 0.5) is 5.69 Å². The molecule has 6 heteroatoms. The zero-order valence-electron chi connectivity index (χ0n) is 12.8. The summed E-state index contributed by atoms with van der Waals surface area (Å²) in [4.78, 5) is 11.9. The number of piperidine rings is 1. The Bertz CT molecular complexity index is 641. The minimum absolute atomic E-state index is 0.0341. The van der Waals surface area contributed by atoms with Gasteiger partial charge in [0.25, 0.3) is 5.69 Å². The van der Waals surface area contributed by atoms with Crippen molar-refractivity contribution in [2.45, 2.75) is 26.1 Å². The molecule has 6 nitrogen and oxygen atoms in total. The Balaban J connectivity index is 1.92. The average molecular weight is 305 g/mol. The molecule has 0 aliphatic carbocycles. The first kappa shape index (κ1) is 15.0. The van der Waals surface area contributed by atoms with E-state index in [1.165, 1.54) is 17.0 Å². The number of non-ortho nitro benzene ring substituents is 1. The van der Waals surface area contributed by atoms with Gasteiger partial charge in [0.2, 0.25) is 5.79 Å². The second kappa shape index (κ2) is 5.37. The lowest BCUT2D eigenvalue weighted by molar-refractivity contribution is -0.904. The highest BCUT2D eigenvalue weighted by molar-refractivity contribution is 5.66. The van der Waals surface area contributed by atoms with E-state index in [0.717, 1.165) is 18.7 Å². The predicted molar refractivity (Wildman–Crippen MR) is 81.7 cm³/mol. The van der Waals surface area contributed by atoms with Gasteiger partial charge in [0.05, 0.1) is 30.0 Å². The van der Waals surface area contributed by atoms with Crippen molar-refractivity contribution in [3.05, 3.63) is 39.4 Å². The maximum Gasteiger partial charge on any atom is 0.270 e. The predicted octanol–water partition coefficient (Wildman–Crippen LogP) is 1.00. The largest absolute Gasteiger partial charge is 0.457 e. The number of ether oxygens (including phenoxy) is 1. The van der Waals surface area contributed by atoms with E-state index in [2.05, 4.69) is 13.8 Å². The molecule has 2 heterocycles. The molecule has 2 aliphatic rings. The van der Waals surface area contributed by atoms with Crippen LogP contribution in [0.2, 0.25) is 0 Å². The molecule has 2 N–H and O–H groups in total. The van der Waals surface area contributed by atoms with Crippen molar-refractivity contribution in [3.63, 3.8) is 0 Å². The number of quaternary nitrogens is 1. The molecular weight excluding hydrogens is 284 g/mol. The number of nitrogens with one attached hydrogen (secondary N) is 1. The highest BCUT2D eigenvalue weighted by Crippen LogP contribution is 2.38. The van der Waals surface area contributed by atoms with Crippen LogP contribution in [0.25, 0.3) is 6.08 Å². The number of benzene rings is 1. The lowest BCUT2D eigenvalue weighted by atomic mass is 9.91. The molecule has 2 aliphatic heterocycles. The van der Waals surface area contributed by atoms with Crippen molar-refractivity contribution in [1.82, 2.24) is 0 Å². The van der Waals surface area contributed by atoms with Crippen LogP contribution in [0.1, 0.15) is 25.8 Å². The van der Waals surface area contributed by atoms with Crippen molar-refractivity contribution in [2.24, 2.45) is 5.92 Å². The van der Waals surface area contributed by atoms with Gasteiger partial charge in [-0.25, -0.2) is 0 Å². The van der Waals surface area contributed by atoms with Crippen LogP contribution in [0, 0.1) is 16.0 Å². The number of nitrogens with zero attached hydrogens (tertiary/aromatic N) is 1. The normalized spacial score (nSPS) is 26.7. The van der Waals surface area contributed by atoms with Gasteiger partial charge < -0.3 is 14.7 Å². The first-order valence-corrected chi connectivity index (χ1v) is 7.62. The summed E-state index contributed by atoms with van der Waals surface area (Å²) < 4.78 is 5.76. The SMILES string of the molecule is CC(C)C[NH+]1CC[C@]2(O)Oc3ccc([N+](=O)[O-])cc3C=C2C1. The smallest absolute Gasteiger partial charge is 0.270 e. The molecule has 1 fully saturated rings. The van der Waals surface area contributed by atoms with E-state index in [9.17, 15) is 15.2 Å². The Hall–Kier alpha value is -1.92. The number of rotatable bonds is 3. The van der Waals surface area contributed by atoms with E-state index in [0.29, 0.717) is 30.2 Å². The number of likely N-dealkylation sites (tertiary alicyclic amines) is 1. The van der Waals surface area contributed by atoms with E-state index >= 15 is 0 Å². The molecule has 2 atom stereocenters. The quantitative estimate of drug-likeness (QED) is 0.645. The maximum atomic E-state index is 10.9. The van der Waals surface area contributed by atoms with E-state index in [1.807, 2.05) is 6.08 Å². The van der Waals surface area contributed by atoms with Crippen LogP contribution in [0.15, 0.2) is 23.8 Å². The summed E-state index contributed by atoms with van der Waals surface area (Å²) in [5.41, 5.74) is 1.51. The second-order valence-electron chi connectivity index (χ2n) is 6.56. The summed E-state index contributed by atoms with van der Waals surface area (Å²) in [7, 11) is 0. The molecule has 0 spiro atoms. The summed E-state index contributed by atoms with van der Waals surface area (Å²) in [6.45, 7) is 6.96. The van der Waals surface area contributed by atoms with Gasteiger partial charge in [0.1, 0.15) is 12.3 Å². The van der Waals surface area contributed by atoms with Crippen molar-refractivity contribution in [3.8, 4) is 5.75 Å². The third-order valence-electron chi connectivity index (χ3n) is 4.27. The molecule has 118 valence electrons. The van der Waals surface area contributed by atoms with E-state index < -0.39 is 10.7 Å². The van der Waals surface area contributed by atoms with Crippen LogP contribution in [0.5, 0.6) is 5.75 Å². The molecule has 22 heavy (non-hydrogen) atoms.